The van der Waals surface area contributed by atoms with Crippen molar-refractivity contribution in [3.8, 4) is 0 Å². The summed E-state index contributed by atoms with van der Waals surface area (Å²) in [6.45, 7) is 9.28. The fraction of sp³-hybridized carbons (Fsp3) is 0.929. The standard InChI is InChI=1S/C14H30N4O/c1-12(2)10-18-7-8-19-13(11-18)9-15-14(16(3)4)17(5)6/h12-13H,7-11H2,1-6H3. The van der Waals surface area contributed by atoms with Crippen molar-refractivity contribution in [2.45, 2.75) is 20.0 Å². The molecule has 1 heterocycles. The number of morpholine rings is 1. The van der Waals surface area contributed by atoms with E-state index in [1.54, 1.807) is 0 Å². The van der Waals surface area contributed by atoms with Crippen LogP contribution < -0.4 is 0 Å². The van der Waals surface area contributed by atoms with Gasteiger partial charge in [0.25, 0.3) is 0 Å². The molecule has 0 amide bonds. The van der Waals surface area contributed by atoms with Crippen molar-refractivity contribution in [3.05, 3.63) is 0 Å². The van der Waals surface area contributed by atoms with Crippen LogP contribution in [0.2, 0.25) is 0 Å². The second-order valence-electron chi connectivity index (χ2n) is 6.08. The van der Waals surface area contributed by atoms with Crippen LogP contribution in [-0.2, 0) is 4.74 Å². The number of guanidine groups is 1. The van der Waals surface area contributed by atoms with Gasteiger partial charge in [0, 0.05) is 47.8 Å². The van der Waals surface area contributed by atoms with E-state index in [1.165, 1.54) is 0 Å². The molecule has 1 unspecified atom stereocenters. The monoisotopic (exact) mass is 270 g/mol. The number of hydrogen-bond donors (Lipinski definition) is 0. The predicted molar refractivity (Wildman–Crippen MR) is 80.7 cm³/mol. The van der Waals surface area contributed by atoms with Crippen molar-refractivity contribution in [2.24, 2.45) is 10.9 Å². The lowest BCUT2D eigenvalue weighted by molar-refractivity contribution is -0.0263. The summed E-state index contributed by atoms with van der Waals surface area (Å²) in [5.41, 5.74) is 0. The van der Waals surface area contributed by atoms with E-state index in [9.17, 15) is 0 Å². The molecule has 5 nitrogen and oxygen atoms in total. The van der Waals surface area contributed by atoms with Gasteiger partial charge in [0.1, 0.15) is 0 Å². The number of rotatable bonds is 4. The van der Waals surface area contributed by atoms with Crippen LogP contribution in [0.5, 0.6) is 0 Å². The van der Waals surface area contributed by atoms with Crippen molar-refractivity contribution in [3.63, 3.8) is 0 Å². The van der Waals surface area contributed by atoms with Crippen LogP contribution in [-0.4, -0.2) is 87.7 Å². The maximum Gasteiger partial charge on any atom is 0.195 e. The molecule has 5 heteroatoms. The summed E-state index contributed by atoms with van der Waals surface area (Å²) in [7, 11) is 8.08. The Bertz CT molecular complexity index is 279. The van der Waals surface area contributed by atoms with Crippen LogP contribution >= 0.6 is 0 Å². The van der Waals surface area contributed by atoms with E-state index in [2.05, 4.69) is 23.7 Å². The quantitative estimate of drug-likeness (QED) is 0.559. The highest BCUT2D eigenvalue weighted by molar-refractivity contribution is 5.79. The first-order valence-corrected chi connectivity index (χ1v) is 7.13. The van der Waals surface area contributed by atoms with Crippen LogP contribution in [0, 0.1) is 5.92 Å². The molecule has 112 valence electrons. The Morgan fingerprint density at radius 2 is 1.89 bits per heavy atom. The summed E-state index contributed by atoms with van der Waals surface area (Å²) >= 11 is 0. The summed E-state index contributed by atoms with van der Waals surface area (Å²) in [5.74, 6) is 1.70. The molecule has 0 saturated carbocycles. The molecule has 1 aliphatic heterocycles. The van der Waals surface area contributed by atoms with Gasteiger partial charge in [-0.1, -0.05) is 13.8 Å². The SMILES string of the molecule is CC(C)CN1CCOC(CN=C(N(C)C)N(C)C)C1. The average molecular weight is 270 g/mol. The molecule has 1 saturated heterocycles. The molecular weight excluding hydrogens is 240 g/mol. The van der Waals surface area contributed by atoms with Crippen LogP contribution in [0.3, 0.4) is 0 Å². The van der Waals surface area contributed by atoms with E-state index in [0.717, 1.165) is 38.7 Å². The molecule has 1 aliphatic rings. The van der Waals surface area contributed by atoms with Crippen molar-refractivity contribution in [2.75, 3.05) is 61.0 Å². The largest absolute Gasteiger partial charge is 0.374 e. The fourth-order valence-electron chi connectivity index (χ4n) is 2.44. The van der Waals surface area contributed by atoms with Crippen molar-refractivity contribution < 1.29 is 4.74 Å². The molecule has 19 heavy (non-hydrogen) atoms. The maximum absolute atomic E-state index is 5.81. The molecule has 0 spiro atoms. The molecule has 0 N–H and O–H groups in total. The zero-order chi connectivity index (χ0) is 14.4. The van der Waals surface area contributed by atoms with Gasteiger partial charge in [-0.2, -0.15) is 0 Å². The minimum Gasteiger partial charge on any atom is -0.374 e. The second kappa shape index (κ2) is 7.70. The molecule has 0 aromatic heterocycles. The van der Waals surface area contributed by atoms with Crippen LogP contribution in [0.15, 0.2) is 4.99 Å². The molecule has 1 atom stereocenters. The Labute approximate surface area is 118 Å². The van der Waals surface area contributed by atoms with Gasteiger partial charge in [0.2, 0.25) is 0 Å². The summed E-state index contributed by atoms with van der Waals surface area (Å²) in [5, 5.41) is 0. The third kappa shape index (κ3) is 5.78. The van der Waals surface area contributed by atoms with Gasteiger partial charge < -0.3 is 14.5 Å². The van der Waals surface area contributed by atoms with E-state index < -0.39 is 0 Å². The van der Waals surface area contributed by atoms with E-state index in [4.69, 9.17) is 4.74 Å². The lowest BCUT2D eigenvalue weighted by atomic mass is 10.2. The first-order valence-electron chi connectivity index (χ1n) is 7.13. The Morgan fingerprint density at radius 3 is 2.42 bits per heavy atom. The molecule has 0 aromatic carbocycles. The fourth-order valence-corrected chi connectivity index (χ4v) is 2.44. The average Bonchev–Trinajstić information content (AvgIpc) is 2.27. The lowest BCUT2D eigenvalue weighted by Crippen LogP contribution is -2.45. The van der Waals surface area contributed by atoms with Crippen LogP contribution in [0.1, 0.15) is 13.8 Å². The maximum atomic E-state index is 5.81. The molecule has 0 bridgehead atoms. The summed E-state index contributed by atoms with van der Waals surface area (Å²) in [6, 6.07) is 0. The van der Waals surface area contributed by atoms with Gasteiger partial charge in [-0.3, -0.25) is 9.89 Å². The topological polar surface area (TPSA) is 31.3 Å². The Morgan fingerprint density at radius 1 is 1.26 bits per heavy atom. The highest BCUT2D eigenvalue weighted by Crippen LogP contribution is 2.08. The van der Waals surface area contributed by atoms with Gasteiger partial charge >= 0.3 is 0 Å². The number of aliphatic imine (C=N–C) groups is 1. The van der Waals surface area contributed by atoms with E-state index in [0.29, 0.717) is 5.92 Å². The highest BCUT2D eigenvalue weighted by Gasteiger charge is 2.21. The first-order chi connectivity index (χ1) is 8.90. The van der Waals surface area contributed by atoms with Gasteiger partial charge in [-0.25, -0.2) is 0 Å². The third-order valence-corrected chi connectivity index (χ3v) is 3.08. The first kappa shape index (κ1) is 16.2. The minimum atomic E-state index is 0.224. The van der Waals surface area contributed by atoms with Gasteiger partial charge in [-0.05, 0) is 5.92 Å². The number of nitrogens with zero attached hydrogens (tertiary/aromatic N) is 4. The Hall–Kier alpha value is -0.810. The molecule has 0 aliphatic carbocycles. The van der Waals surface area contributed by atoms with Gasteiger partial charge in [0.15, 0.2) is 5.96 Å². The number of ether oxygens (including phenoxy) is 1. The third-order valence-electron chi connectivity index (χ3n) is 3.08. The smallest absolute Gasteiger partial charge is 0.195 e. The second-order valence-corrected chi connectivity index (χ2v) is 6.08. The van der Waals surface area contributed by atoms with Gasteiger partial charge in [-0.15, -0.1) is 0 Å². The van der Waals surface area contributed by atoms with Crippen molar-refractivity contribution in [1.29, 1.82) is 0 Å². The van der Waals surface area contributed by atoms with Crippen LogP contribution in [0.25, 0.3) is 0 Å². The van der Waals surface area contributed by atoms with Crippen molar-refractivity contribution >= 4 is 5.96 Å². The van der Waals surface area contributed by atoms with E-state index in [-0.39, 0.29) is 6.10 Å². The summed E-state index contributed by atoms with van der Waals surface area (Å²) < 4.78 is 5.81. The summed E-state index contributed by atoms with van der Waals surface area (Å²) in [6.07, 6.45) is 0.224. The minimum absolute atomic E-state index is 0.224. The molecule has 0 radical (unpaired) electrons. The Kier molecular flexibility index (Phi) is 6.58. The molecular formula is C14H30N4O. The van der Waals surface area contributed by atoms with E-state index >= 15 is 0 Å². The van der Waals surface area contributed by atoms with Gasteiger partial charge in [0.05, 0.1) is 19.3 Å². The lowest BCUT2D eigenvalue weighted by Gasteiger charge is -2.33. The normalized spacial score (nSPS) is 20.5. The predicted octanol–water partition coefficient (Wildman–Crippen LogP) is 0.822. The van der Waals surface area contributed by atoms with Crippen LogP contribution in [0.4, 0.5) is 0 Å². The number of hydrogen-bond acceptors (Lipinski definition) is 3. The van der Waals surface area contributed by atoms with Crippen molar-refractivity contribution in [1.82, 2.24) is 14.7 Å². The summed E-state index contributed by atoms with van der Waals surface area (Å²) in [4.78, 5) is 11.2. The highest BCUT2D eigenvalue weighted by atomic mass is 16.5. The zero-order valence-electron chi connectivity index (χ0n) is 13.4. The van der Waals surface area contributed by atoms with E-state index in [1.807, 2.05) is 38.0 Å². The molecule has 1 rings (SSSR count). The molecule has 0 aromatic rings. The zero-order valence-corrected chi connectivity index (χ0v) is 13.4. The molecule has 1 fully saturated rings. The Balaban J connectivity index is 2.49.